The highest BCUT2D eigenvalue weighted by Gasteiger charge is 2.33. The summed E-state index contributed by atoms with van der Waals surface area (Å²) < 4.78 is 4.57. The van der Waals surface area contributed by atoms with Crippen molar-refractivity contribution in [3.05, 3.63) is 0 Å². The van der Waals surface area contributed by atoms with Crippen molar-refractivity contribution in [1.82, 2.24) is 0 Å². The number of hydrogen-bond donors (Lipinski definition) is 0. The Labute approximate surface area is 144 Å². The average molecular weight is 351 g/mol. The maximum atomic E-state index is 11.4. The average Bonchev–Trinajstić information content (AvgIpc) is 2.78. The van der Waals surface area contributed by atoms with Crippen molar-refractivity contribution < 1.29 is 14.3 Å². The van der Waals surface area contributed by atoms with Gasteiger partial charge in [0.05, 0.1) is 12.3 Å². The molecule has 1 heterocycles. The molecule has 128 valence electrons. The molecular weight excluding hydrogens is 323 g/mol. The Kier molecular flexibility index (Phi) is 10.1. The second-order valence-corrected chi connectivity index (χ2v) is 7.44. The third kappa shape index (κ3) is 7.82. The molecule has 0 amide bonds. The van der Waals surface area contributed by atoms with Crippen molar-refractivity contribution in [2.24, 2.45) is 11.8 Å². The Bertz CT molecular complexity index is 345. The molecule has 1 rings (SSSR count). The van der Waals surface area contributed by atoms with Crippen molar-refractivity contribution in [2.75, 3.05) is 0 Å². The molecule has 0 N–H and O–H groups in total. The van der Waals surface area contributed by atoms with Crippen LogP contribution in [0.1, 0.15) is 77.6 Å². The molecule has 1 fully saturated rings. The zero-order chi connectivity index (χ0) is 16.4. The quantitative estimate of drug-likeness (QED) is 0.204. The molecule has 2 atom stereocenters. The molecule has 5 heteroatoms. The van der Waals surface area contributed by atoms with Gasteiger partial charge in [-0.2, -0.15) is 0 Å². The summed E-state index contributed by atoms with van der Waals surface area (Å²) in [5.41, 5.74) is 0. The Morgan fingerprint density at radius 3 is 2.23 bits per heavy atom. The summed E-state index contributed by atoms with van der Waals surface area (Å²) in [4.78, 5) is 22.1. The Morgan fingerprint density at radius 1 is 1.05 bits per heavy atom. The summed E-state index contributed by atoms with van der Waals surface area (Å²) in [6.07, 6.45) is 11.4. The molecule has 22 heavy (non-hydrogen) atoms. The first-order valence-electron chi connectivity index (χ1n) is 8.57. The van der Waals surface area contributed by atoms with Gasteiger partial charge in [-0.05, 0) is 25.2 Å². The molecule has 0 aromatic rings. The Hall–Kier alpha value is -0.280. The molecule has 1 aliphatic heterocycles. The van der Waals surface area contributed by atoms with Gasteiger partial charge in [0.1, 0.15) is 4.84 Å². The number of halogens is 2. The first kappa shape index (κ1) is 19.8. The van der Waals surface area contributed by atoms with Gasteiger partial charge < -0.3 is 4.74 Å². The van der Waals surface area contributed by atoms with Crippen LogP contribution in [0.4, 0.5) is 0 Å². The molecule has 0 aliphatic carbocycles. The second kappa shape index (κ2) is 11.3. The normalized spacial score (nSPS) is 19.7. The first-order chi connectivity index (χ1) is 10.5. The summed E-state index contributed by atoms with van der Waals surface area (Å²) in [6.45, 7) is 2.22. The van der Waals surface area contributed by atoms with Gasteiger partial charge in [-0.3, -0.25) is 9.59 Å². The number of carbonyl (C=O) groups excluding carboxylic acids is 2. The van der Waals surface area contributed by atoms with E-state index in [1.165, 1.54) is 38.5 Å². The van der Waals surface area contributed by atoms with Gasteiger partial charge in [-0.1, -0.05) is 51.9 Å². The summed E-state index contributed by atoms with van der Waals surface area (Å²) in [5.74, 6) is -0.897. The smallest absolute Gasteiger partial charge is 0.317 e. The lowest BCUT2D eigenvalue weighted by atomic mass is 9.92. The monoisotopic (exact) mass is 350 g/mol. The van der Waals surface area contributed by atoms with Crippen LogP contribution in [0.3, 0.4) is 0 Å². The fourth-order valence-corrected chi connectivity index (χ4v) is 3.42. The lowest BCUT2D eigenvalue weighted by Gasteiger charge is -2.18. The van der Waals surface area contributed by atoms with E-state index in [1.807, 2.05) is 0 Å². The van der Waals surface area contributed by atoms with E-state index in [2.05, 4.69) is 11.7 Å². The highest BCUT2D eigenvalue weighted by Crippen LogP contribution is 2.30. The lowest BCUT2D eigenvalue weighted by Crippen LogP contribution is -2.14. The van der Waals surface area contributed by atoms with Crippen molar-refractivity contribution in [1.29, 1.82) is 0 Å². The zero-order valence-electron chi connectivity index (χ0n) is 13.5. The van der Waals surface area contributed by atoms with Crippen LogP contribution in [0.15, 0.2) is 0 Å². The molecule has 0 radical (unpaired) electrons. The fourth-order valence-electron chi connectivity index (χ4n) is 2.92. The maximum absolute atomic E-state index is 11.4. The molecule has 2 unspecified atom stereocenters. The van der Waals surface area contributed by atoms with Gasteiger partial charge in [-0.25, -0.2) is 0 Å². The number of rotatable bonds is 12. The van der Waals surface area contributed by atoms with E-state index in [0.717, 1.165) is 19.3 Å². The number of hydrogen-bond acceptors (Lipinski definition) is 3. The molecular formula is C17H28Cl2O3. The summed E-state index contributed by atoms with van der Waals surface area (Å²) in [5, 5.41) is 0. The van der Waals surface area contributed by atoms with Crippen molar-refractivity contribution in [2.45, 2.75) is 82.4 Å². The molecule has 0 aromatic carbocycles. The number of ether oxygens (including phenoxy) is 1. The minimum absolute atomic E-state index is 0.197. The maximum Gasteiger partial charge on any atom is 0.317 e. The van der Waals surface area contributed by atoms with E-state index in [9.17, 15) is 9.59 Å². The van der Waals surface area contributed by atoms with Crippen LogP contribution in [-0.4, -0.2) is 16.8 Å². The second-order valence-electron chi connectivity index (χ2n) is 6.28. The van der Waals surface area contributed by atoms with Crippen LogP contribution in [0.25, 0.3) is 0 Å². The third-order valence-electron chi connectivity index (χ3n) is 4.38. The minimum atomic E-state index is -0.410. The van der Waals surface area contributed by atoms with Gasteiger partial charge in [0.15, 0.2) is 0 Å². The molecule has 0 aromatic heterocycles. The van der Waals surface area contributed by atoms with Crippen molar-refractivity contribution in [3.63, 3.8) is 0 Å². The number of alkyl halides is 2. The van der Waals surface area contributed by atoms with Gasteiger partial charge >= 0.3 is 11.9 Å². The van der Waals surface area contributed by atoms with E-state index in [1.54, 1.807) is 0 Å². The lowest BCUT2D eigenvalue weighted by molar-refractivity contribution is -0.153. The first-order valence-corrected chi connectivity index (χ1v) is 9.44. The molecule has 3 nitrogen and oxygen atoms in total. The number of cyclic esters (lactones) is 2. The van der Waals surface area contributed by atoms with Crippen LogP contribution in [0.5, 0.6) is 0 Å². The topological polar surface area (TPSA) is 43.4 Å². The van der Waals surface area contributed by atoms with Gasteiger partial charge in [0.2, 0.25) is 0 Å². The summed E-state index contributed by atoms with van der Waals surface area (Å²) >= 11 is 12.1. The SMILES string of the molecule is CCCCCCCCCC(CCC1CC(=O)OC1=O)C(Cl)Cl. The van der Waals surface area contributed by atoms with Crippen LogP contribution < -0.4 is 0 Å². The zero-order valence-corrected chi connectivity index (χ0v) is 15.0. The van der Waals surface area contributed by atoms with Crippen LogP contribution in [-0.2, 0) is 14.3 Å². The fraction of sp³-hybridized carbons (Fsp3) is 0.882. The molecule has 0 bridgehead atoms. The number of carbonyl (C=O) groups is 2. The van der Waals surface area contributed by atoms with E-state index in [0.29, 0.717) is 6.42 Å². The van der Waals surface area contributed by atoms with E-state index in [-0.39, 0.29) is 24.2 Å². The largest absolute Gasteiger partial charge is 0.393 e. The molecule has 0 spiro atoms. The highest BCUT2D eigenvalue weighted by atomic mass is 35.5. The van der Waals surface area contributed by atoms with Crippen LogP contribution in [0, 0.1) is 11.8 Å². The van der Waals surface area contributed by atoms with Gasteiger partial charge in [0.25, 0.3) is 0 Å². The van der Waals surface area contributed by atoms with Crippen LogP contribution in [0.2, 0.25) is 0 Å². The van der Waals surface area contributed by atoms with Gasteiger partial charge in [-0.15, -0.1) is 23.2 Å². The van der Waals surface area contributed by atoms with Crippen LogP contribution >= 0.6 is 23.2 Å². The van der Waals surface area contributed by atoms with E-state index >= 15 is 0 Å². The summed E-state index contributed by atoms with van der Waals surface area (Å²) in [7, 11) is 0. The third-order valence-corrected chi connectivity index (χ3v) is 5.09. The van der Waals surface area contributed by atoms with Gasteiger partial charge in [0, 0.05) is 0 Å². The predicted octanol–water partition coefficient (Wildman–Crippen LogP) is 5.42. The number of unbranched alkanes of at least 4 members (excludes halogenated alkanes) is 6. The standard InChI is InChI=1S/C17H28Cl2O3/c1-2-3-4-5-6-7-8-9-13(16(18)19)10-11-14-12-15(20)22-17(14)21/h13-14,16H,2-12H2,1H3. The molecule has 1 saturated heterocycles. The van der Waals surface area contributed by atoms with E-state index < -0.39 is 10.8 Å². The number of esters is 2. The minimum Gasteiger partial charge on any atom is -0.393 e. The summed E-state index contributed by atoms with van der Waals surface area (Å²) in [6, 6.07) is 0. The van der Waals surface area contributed by atoms with Crippen molar-refractivity contribution in [3.8, 4) is 0 Å². The van der Waals surface area contributed by atoms with Crippen molar-refractivity contribution >= 4 is 35.1 Å². The van der Waals surface area contributed by atoms with E-state index in [4.69, 9.17) is 23.2 Å². The predicted molar refractivity (Wildman–Crippen MR) is 90.0 cm³/mol. The molecule has 1 aliphatic rings. The molecule has 0 saturated carbocycles. The highest BCUT2D eigenvalue weighted by molar-refractivity contribution is 6.44. The Morgan fingerprint density at radius 2 is 1.68 bits per heavy atom. The Balaban J connectivity index is 2.16.